The number of pyridine rings is 1. The normalized spacial score (nSPS) is 10.2. The average Bonchev–Trinajstić information content (AvgIpc) is 2.59. The Kier molecular flexibility index (Phi) is 5.56. The number of carboxylic acid groups (broad SMARTS) is 1. The van der Waals surface area contributed by atoms with Gasteiger partial charge in [-0.2, -0.15) is 0 Å². The minimum Gasteiger partial charge on any atom is -0.481 e. The lowest BCUT2D eigenvalue weighted by atomic mass is 10.1. The summed E-state index contributed by atoms with van der Waals surface area (Å²) in [4.78, 5) is 38.7. The molecule has 0 spiro atoms. The molecule has 1 heterocycles. The summed E-state index contributed by atoms with van der Waals surface area (Å²) in [5.41, 5.74) is 0.325. The monoisotopic (exact) mass is 329 g/mol. The fourth-order valence-corrected chi connectivity index (χ4v) is 2.07. The Labute approximate surface area is 137 Å². The van der Waals surface area contributed by atoms with Crippen LogP contribution in [0.4, 0.5) is 11.5 Å². The molecule has 0 unspecified atom stereocenters. The van der Waals surface area contributed by atoms with Gasteiger partial charge in [-0.15, -0.1) is 0 Å². The molecule has 124 valence electrons. The first kappa shape index (κ1) is 17.1. The van der Waals surface area contributed by atoms with E-state index < -0.39 is 10.9 Å². The van der Waals surface area contributed by atoms with Gasteiger partial charge in [-0.3, -0.25) is 19.7 Å². The van der Waals surface area contributed by atoms with Crippen molar-refractivity contribution in [1.29, 1.82) is 0 Å². The zero-order valence-electron chi connectivity index (χ0n) is 12.7. The summed E-state index contributed by atoms with van der Waals surface area (Å²) in [6, 6.07) is 11.3. The van der Waals surface area contributed by atoms with Gasteiger partial charge in [0.15, 0.2) is 5.78 Å². The molecule has 0 fully saturated rings. The maximum absolute atomic E-state index is 12.3. The van der Waals surface area contributed by atoms with Gasteiger partial charge in [-0.05, 0) is 6.07 Å². The molecule has 2 aromatic rings. The van der Waals surface area contributed by atoms with Gasteiger partial charge in [0.1, 0.15) is 12.0 Å². The fourth-order valence-electron chi connectivity index (χ4n) is 2.07. The molecule has 8 heteroatoms. The first-order valence-electron chi connectivity index (χ1n) is 7.13. The molecule has 0 aliphatic rings. The number of benzene rings is 1. The van der Waals surface area contributed by atoms with Crippen molar-refractivity contribution in [2.75, 3.05) is 18.0 Å². The minimum absolute atomic E-state index is 0.0674. The summed E-state index contributed by atoms with van der Waals surface area (Å²) in [6.45, 7) is 0.000816. The van der Waals surface area contributed by atoms with E-state index in [0.717, 1.165) is 6.20 Å². The van der Waals surface area contributed by atoms with Crippen LogP contribution in [0.1, 0.15) is 16.8 Å². The molecule has 24 heavy (non-hydrogen) atoms. The second-order valence-corrected chi connectivity index (χ2v) is 4.99. The van der Waals surface area contributed by atoms with Crippen molar-refractivity contribution >= 4 is 23.3 Å². The lowest BCUT2D eigenvalue weighted by Gasteiger charge is -2.22. The van der Waals surface area contributed by atoms with Crippen molar-refractivity contribution in [3.63, 3.8) is 0 Å². The van der Waals surface area contributed by atoms with E-state index in [2.05, 4.69) is 4.98 Å². The van der Waals surface area contributed by atoms with Gasteiger partial charge in [0, 0.05) is 18.2 Å². The highest BCUT2D eigenvalue weighted by Gasteiger charge is 2.16. The van der Waals surface area contributed by atoms with Crippen LogP contribution in [0.2, 0.25) is 0 Å². The van der Waals surface area contributed by atoms with E-state index in [4.69, 9.17) is 5.11 Å². The maximum atomic E-state index is 12.3. The molecule has 1 N–H and O–H groups in total. The molecular weight excluding hydrogens is 314 g/mol. The largest absolute Gasteiger partial charge is 0.481 e. The van der Waals surface area contributed by atoms with Gasteiger partial charge in [0.05, 0.1) is 17.9 Å². The predicted molar refractivity (Wildman–Crippen MR) is 86.1 cm³/mol. The van der Waals surface area contributed by atoms with Gasteiger partial charge in [-0.1, -0.05) is 30.3 Å². The van der Waals surface area contributed by atoms with Gasteiger partial charge in [0.25, 0.3) is 5.69 Å². The molecular formula is C16H15N3O5. The van der Waals surface area contributed by atoms with E-state index in [9.17, 15) is 19.7 Å². The highest BCUT2D eigenvalue weighted by atomic mass is 16.6. The number of carboxylic acids is 1. The molecule has 0 aliphatic heterocycles. The van der Waals surface area contributed by atoms with E-state index >= 15 is 0 Å². The Morgan fingerprint density at radius 2 is 1.88 bits per heavy atom. The van der Waals surface area contributed by atoms with E-state index in [-0.39, 0.29) is 31.0 Å². The number of rotatable bonds is 8. The number of Topliss-reactive ketones (excluding diaryl/α,β-unsaturated/α-hetero) is 1. The number of ketones is 1. The van der Waals surface area contributed by atoms with Crippen molar-refractivity contribution in [2.45, 2.75) is 6.42 Å². The molecule has 2 rings (SSSR count). The number of carbonyl (C=O) groups excluding carboxylic acids is 1. The quantitative estimate of drug-likeness (QED) is 0.448. The average molecular weight is 329 g/mol. The van der Waals surface area contributed by atoms with Gasteiger partial charge in [-0.25, -0.2) is 4.98 Å². The Morgan fingerprint density at radius 3 is 2.42 bits per heavy atom. The molecule has 0 saturated heterocycles. The van der Waals surface area contributed by atoms with Crippen LogP contribution >= 0.6 is 0 Å². The van der Waals surface area contributed by atoms with Crippen molar-refractivity contribution in [3.8, 4) is 0 Å². The van der Waals surface area contributed by atoms with Crippen molar-refractivity contribution in [2.24, 2.45) is 0 Å². The Bertz CT molecular complexity index is 731. The fraction of sp³-hybridized carbons (Fsp3) is 0.188. The summed E-state index contributed by atoms with van der Waals surface area (Å²) in [6.07, 6.45) is 0.900. The van der Waals surface area contributed by atoms with Crippen LogP contribution in [-0.2, 0) is 4.79 Å². The van der Waals surface area contributed by atoms with Crippen molar-refractivity contribution < 1.29 is 19.6 Å². The molecule has 0 bridgehead atoms. The molecule has 0 aliphatic carbocycles. The summed E-state index contributed by atoms with van der Waals surface area (Å²) in [5.74, 6) is -0.888. The van der Waals surface area contributed by atoms with Crippen LogP contribution in [-0.4, -0.2) is 39.9 Å². The Hall–Kier alpha value is -3.29. The molecule has 1 aromatic heterocycles. The number of carbonyl (C=O) groups is 2. The van der Waals surface area contributed by atoms with Crippen LogP contribution in [0.15, 0.2) is 48.7 Å². The zero-order chi connectivity index (χ0) is 17.5. The van der Waals surface area contributed by atoms with E-state index in [1.165, 1.54) is 17.0 Å². The lowest BCUT2D eigenvalue weighted by Crippen LogP contribution is -2.32. The number of nitro groups is 1. The number of nitrogens with zero attached hydrogens (tertiary/aromatic N) is 3. The molecule has 1 aromatic carbocycles. The molecule has 8 nitrogen and oxygen atoms in total. The Morgan fingerprint density at radius 1 is 1.17 bits per heavy atom. The number of hydrogen-bond donors (Lipinski definition) is 1. The van der Waals surface area contributed by atoms with Crippen LogP contribution in [0, 0.1) is 10.1 Å². The van der Waals surface area contributed by atoms with Crippen LogP contribution < -0.4 is 4.90 Å². The molecule has 0 radical (unpaired) electrons. The predicted octanol–water partition coefficient (Wildman–Crippen LogP) is 2.15. The first-order valence-corrected chi connectivity index (χ1v) is 7.13. The summed E-state index contributed by atoms with van der Waals surface area (Å²) in [7, 11) is 0. The van der Waals surface area contributed by atoms with Crippen molar-refractivity contribution in [3.05, 3.63) is 64.3 Å². The van der Waals surface area contributed by atoms with E-state index in [1.54, 1.807) is 30.3 Å². The number of hydrogen-bond acceptors (Lipinski definition) is 6. The lowest BCUT2D eigenvalue weighted by molar-refractivity contribution is -0.385. The topological polar surface area (TPSA) is 114 Å². The van der Waals surface area contributed by atoms with Crippen molar-refractivity contribution in [1.82, 2.24) is 4.98 Å². The van der Waals surface area contributed by atoms with Gasteiger partial charge in [0.2, 0.25) is 0 Å². The number of anilines is 1. The molecule has 0 saturated carbocycles. The second kappa shape index (κ2) is 7.82. The zero-order valence-corrected chi connectivity index (χ0v) is 12.7. The standard InChI is InChI=1S/C16H15N3O5/c20-14(12-4-2-1-3-5-12)11-18(9-8-16(21)22)15-7-6-13(10-17-15)19(23)24/h1-7,10H,8-9,11H2,(H,21,22). The first-order chi connectivity index (χ1) is 11.5. The molecule has 0 atom stereocenters. The third kappa shape index (κ3) is 4.60. The van der Waals surface area contributed by atoms with Crippen LogP contribution in [0.25, 0.3) is 0 Å². The summed E-state index contributed by atoms with van der Waals surface area (Å²) in [5, 5.41) is 19.5. The smallest absolute Gasteiger partial charge is 0.305 e. The Balaban J connectivity index is 2.19. The highest BCUT2D eigenvalue weighted by Crippen LogP contribution is 2.17. The number of aliphatic carboxylic acids is 1. The van der Waals surface area contributed by atoms with Gasteiger partial charge < -0.3 is 10.0 Å². The van der Waals surface area contributed by atoms with E-state index in [0.29, 0.717) is 11.4 Å². The maximum Gasteiger partial charge on any atom is 0.305 e. The number of aromatic nitrogens is 1. The van der Waals surface area contributed by atoms with E-state index in [1.807, 2.05) is 0 Å². The van der Waals surface area contributed by atoms with Gasteiger partial charge >= 0.3 is 5.97 Å². The SMILES string of the molecule is O=C(O)CCN(CC(=O)c1ccccc1)c1ccc([N+](=O)[O-])cn1. The third-order valence-corrected chi connectivity index (χ3v) is 3.29. The van der Waals surface area contributed by atoms with Crippen LogP contribution in [0.5, 0.6) is 0 Å². The third-order valence-electron chi connectivity index (χ3n) is 3.29. The van der Waals surface area contributed by atoms with Crippen LogP contribution in [0.3, 0.4) is 0 Å². The minimum atomic E-state index is -1.01. The molecule has 0 amide bonds. The summed E-state index contributed by atoms with van der Waals surface area (Å²) < 4.78 is 0. The second-order valence-electron chi connectivity index (χ2n) is 4.99. The summed E-state index contributed by atoms with van der Waals surface area (Å²) >= 11 is 0. The highest BCUT2D eigenvalue weighted by molar-refractivity contribution is 5.99.